The molecule has 0 atom stereocenters. The number of halogens is 1. The largest absolute Gasteiger partial charge is 0.494 e. The van der Waals surface area contributed by atoms with Gasteiger partial charge in [0.2, 0.25) is 11.9 Å². The molecule has 3 aromatic heterocycles. The molecule has 12 nitrogen and oxygen atoms in total. The number of anilines is 4. The van der Waals surface area contributed by atoms with Crippen LogP contribution in [0.25, 0.3) is 33.6 Å². The molecule has 0 unspecified atom stereocenters. The molecule has 2 aromatic carbocycles. The third kappa shape index (κ3) is 7.31. The Balaban J connectivity index is 1.54. The summed E-state index contributed by atoms with van der Waals surface area (Å²) in [5, 5.41) is 17.0. The quantitative estimate of drug-likeness (QED) is 0.111. The first-order valence-electron chi connectivity index (χ1n) is 14.7. The number of nitrogens with zero attached hydrogens (tertiary/aromatic N) is 5. The lowest BCUT2D eigenvalue weighted by atomic mass is 10.1. The number of H-pyrrole nitrogens is 1. The molecular formula is C33H37ClN8O4. The number of imidazole rings is 1. The van der Waals surface area contributed by atoms with Crippen molar-refractivity contribution in [2.45, 2.75) is 12.8 Å². The predicted octanol–water partition coefficient (Wildman–Crippen LogP) is 5.73. The number of rotatable bonds is 14. The smallest absolute Gasteiger partial charge is 0.247 e. The van der Waals surface area contributed by atoms with Crippen LogP contribution < -0.4 is 20.3 Å². The first-order valence-corrected chi connectivity index (χ1v) is 15.1. The van der Waals surface area contributed by atoms with Crippen molar-refractivity contribution in [3.05, 3.63) is 72.4 Å². The van der Waals surface area contributed by atoms with Gasteiger partial charge in [0.25, 0.3) is 0 Å². The van der Waals surface area contributed by atoms with E-state index < -0.39 is 0 Å². The van der Waals surface area contributed by atoms with Gasteiger partial charge < -0.3 is 39.7 Å². The van der Waals surface area contributed by atoms with Crippen molar-refractivity contribution in [3.8, 4) is 28.4 Å². The van der Waals surface area contributed by atoms with Crippen molar-refractivity contribution in [2.75, 3.05) is 63.5 Å². The van der Waals surface area contributed by atoms with Crippen molar-refractivity contribution in [1.29, 1.82) is 0 Å². The molecule has 0 spiro atoms. The van der Waals surface area contributed by atoms with Gasteiger partial charge in [0.05, 0.1) is 52.5 Å². The third-order valence-electron chi connectivity index (χ3n) is 7.33. The number of nitrogens with one attached hydrogen (secondary N) is 3. The summed E-state index contributed by atoms with van der Waals surface area (Å²) in [6.07, 6.45) is 5.55. The van der Waals surface area contributed by atoms with Crippen molar-refractivity contribution in [1.82, 2.24) is 24.8 Å². The van der Waals surface area contributed by atoms with Gasteiger partial charge >= 0.3 is 0 Å². The van der Waals surface area contributed by atoms with Crippen LogP contribution in [0, 0.1) is 0 Å². The number of fused-ring (bicyclic) bond motifs is 1. The highest BCUT2D eigenvalue weighted by atomic mass is 35.5. The molecule has 0 saturated heterocycles. The fourth-order valence-corrected chi connectivity index (χ4v) is 5.18. The van der Waals surface area contributed by atoms with Crippen LogP contribution in [0.2, 0.25) is 5.02 Å². The molecule has 0 aliphatic heterocycles. The van der Waals surface area contributed by atoms with Gasteiger partial charge in [-0.05, 0) is 56.9 Å². The number of carbonyl (C=O) groups is 1. The fraction of sp³-hybridized carbons (Fsp3) is 0.273. The first kappa shape index (κ1) is 32.5. The van der Waals surface area contributed by atoms with E-state index in [1.54, 1.807) is 31.7 Å². The molecule has 3 heterocycles. The van der Waals surface area contributed by atoms with Crippen LogP contribution in [0.15, 0.2) is 65.9 Å². The van der Waals surface area contributed by atoms with E-state index in [1.165, 1.54) is 6.08 Å². The van der Waals surface area contributed by atoms with Crippen LogP contribution in [-0.2, 0) is 11.2 Å². The minimum Gasteiger partial charge on any atom is -0.494 e. The predicted molar refractivity (Wildman–Crippen MR) is 182 cm³/mol. The monoisotopic (exact) mass is 644 g/mol. The summed E-state index contributed by atoms with van der Waals surface area (Å²) < 4.78 is 11.4. The van der Waals surface area contributed by atoms with Crippen LogP contribution in [0.5, 0.6) is 5.75 Å². The summed E-state index contributed by atoms with van der Waals surface area (Å²) in [6, 6.07) is 11.0. The van der Waals surface area contributed by atoms with Crippen LogP contribution in [0.4, 0.5) is 23.0 Å². The molecule has 13 heteroatoms. The topological polar surface area (TPSA) is 145 Å². The molecule has 0 aliphatic rings. The van der Waals surface area contributed by atoms with E-state index in [0.29, 0.717) is 75.6 Å². The molecule has 0 radical (unpaired) electrons. The molecule has 240 valence electrons. The Kier molecular flexibility index (Phi) is 10.2. The SMILES string of the molecule is C=CC(=O)Nc1cc(Nc2nccc(-c3[nH]c(CCCO)nc3-c3cc4occc4cc3Cl)n2)c(OC)cc1N(C)CCN(C)C. The number of methoxy groups -OCH3 is 1. The Morgan fingerprint density at radius 2 is 1.98 bits per heavy atom. The number of aromatic nitrogens is 4. The van der Waals surface area contributed by atoms with Gasteiger partial charge in [-0.15, -0.1) is 0 Å². The molecular weight excluding hydrogens is 608 g/mol. The maximum atomic E-state index is 12.4. The summed E-state index contributed by atoms with van der Waals surface area (Å²) in [4.78, 5) is 34.0. The first-order chi connectivity index (χ1) is 22.2. The zero-order valence-electron chi connectivity index (χ0n) is 26.2. The Morgan fingerprint density at radius 1 is 1.15 bits per heavy atom. The zero-order chi connectivity index (χ0) is 32.8. The van der Waals surface area contributed by atoms with E-state index in [2.05, 4.69) is 32.1 Å². The number of hydrogen-bond acceptors (Lipinski definition) is 10. The number of amides is 1. The molecule has 4 N–H and O–H groups in total. The average Bonchev–Trinajstić information content (AvgIpc) is 3.69. The maximum Gasteiger partial charge on any atom is 0.247 e. The van der Waals surface area contributed by atoms with E-state index in [1.807, 2.05) is 50.3 Å². The van der Waals surface area contributed by atoms with Crippen LogP contribution in [-0.4, -0.2) is 83.8 Å². The zero-order valence-corrected chi connectivity index (χ0v) is 27.0. The summed E-state index contributed by atoms with van der Waals surface area (Å²) in [5.41, 5.74) is 5.03. The number of aromatic amines is 1. The highest BCUT2D eigenvalue weighted by Gasteiger charge is 2.21. The fourth-order valence-electron chi connectivity index (χ4n) is 4.92. The molecule has 46 heavy (non-hydrogen) atoms. The highest BCUT2D eigenvalue weighted by molar-refractivity contribution is 6.34. The third-order valence-corrected chi connectivity index (χ3v) is 7.65. The second kappa shape index (κ2) is 14.5. The number of benzene rings is 2. The van der Waals surface area contributed by atoms with E-state index in [-0.39, 0.29) is 18.5 Å². The van der Waals surface area contributed by atoms with E-state index in [0.717, 1.165) is 17.6 Å². The average molecular weight is 645 g/mol. The number of aliphatic hydroxyl groups excluding tert-OH is 1. The van der Waals surface area contributed by atoms with Gasteiger partial charge in [-0.3, -0.25) is 4.79 Å². The number of likely N-dealkylation sites (N-methyl/N-ethyl adjacent to an activating group) is 2. The van der Waals surface area contributed by atoms with Crippen molar-refractivity contribution in [3.63, 3.8) is 0 Å². The van der Waals surface area contributed by atoms with Crippen LogP contribution in [0.3, 0.4) is 0 Å². The van der Waals surface area contributed by atoms with Crippen molar-refractivity contribution in [2.24, 2.45) is 0 Å². The van der Waals surface area contributed by atoms with Crippen molar-refractivity contribution < 1.29 is 19.1 Å². The van der Waals surface area contributed by atoms with Crippen molar-refractivity contribution >= 4 is 51.5 Å². The Morgan fingerprint density at radius 3 is 2.72 bits per heavy atom. The number of carbonyl (C=O) groups excluding carboxylic acids is 1. The molecule has 0 aliphatic carbocycles. The normalized spacial score (nSPS) is 11.2. The Bertz CT molecular complexity index is 1850. The van der Waals surface area contributed by atoms with E-state index in [4.69, 9.17) is 30.7 Å². The van der Waals surface area contributed by atoms with Gasteiger partial charge in [0, 0.05) is 56.4 Å². The second-order valence-electron chi connectivity index (χ2n) is 10.9. The highest BCUT2D eigenvalue weighted by Crippen LogP contribution is 2.39. The summed E-state index contributed by atoms with van der Waals surface area (Å²) >= 11 is 6.73. The van der Waals surface area contributed by atoms with Crippen LogP contribution in [0.1, 0.15) is 12.2 Å². The molecule has 0 bridgehead atoms. The molecule has 1 amide bonds. The number of furan rings is 1. The minimum absolute atomic E-state index is 0.0351. The Labute approximate surface area is 272 Å². The van der Waals surface area contributed by atoms with E-state index in [9.17, 15) is 9.90 Å². The van der Waals surface area contributed by atoms with Gasteiger partial charge in [-0.2, -0.15) is 0 Å². The lowest BCUT2D eigenvalue weighted by Gasteiger charge is -2.26. The molecule has 5 aromatic rings. The lowest BCUT2D eigenvalue weighted by molar-refractivity contribution is -0.111. The molecule has 0 fully saturated rings. The van der Waals surface area contributed by atoms with Gasteiger partial charge in [-0.1, -0.05) is 18.2 Å². The maximum absolute atomic E-state index is 12.4. The number of aliphatic hydroxyl groups is 1. The summed E-state index contributed by atoms with van der Waals surface area (Å²) in [7, 11) is 7.54. The Hall–Kier alpha value is -4.91. The number of ether oxygens (including phenoxy) is 1. The van der Waals surface area contributed by atoms with Crippen LogP contribution >= 0.6 is 11.6 Å². The number of aryl methyl sites for hydroxylation is 1. The van der Waals surface area contributed by atoms with Gasteiger partial charge in [-0.25, -0.2) is 15.0 Å². The second-order valence-corrected chi connectivity index (χ2v) is 11.3. The summed E-state index contributed by atoms with van der Waals surface area (Å²) in [6.45, 7) is 5.15. The minimum atomic E-state index is -0.341. The molecule has 5 rings (SSSR count). The van der Waals surface area contributed by atoms with Gasteiger partial charge in [0.15, 0.2) is 0 Å². The summed E-state index contributed by atoms with van der Waals surface area (Å²) in [5.74, 6) is 1.16. The standard InChI is InChI=1S/C33H37ClN8O4/c1-6-30(44)36-24-18-25(28(45-5)19-26(24)42(4)13-12-41(2)3)38-33-35-11-9-23(37-33)32-31(39-29(40-32)8-7-14-43)21-17-27-20(10-15-46-27)16-22(21)34/h6,9-11,15-19,43H,1,7-8,12-14H2,2-5H3,(H,36,44)(H,39,40)(H,35,37,38). The lowest BCUT2D eigenvalue weighted by Crippen LogP contribution is -2.29. The molecule has 0 saturated carbocycles. The number of hydrogen-bond donors (Lipinski definition) is 4. The van der Waals surface area contributed by atoms with E-state index >= 15 is 0 Å². The van der Waals surface area contributed by atoms with Gasteiger partial charge in [0.1, 0.15) is 17.2 Å².